The molecule has 25 heavy (non-hydrogen) atoms. The van der Waals surface area contributed by atoms with Crippen molar-refractivity contribution < 1.29 is 24.5 Å². The van der Waals surface area contributed by atoms with E-state index in [1.54, 1.807) is 0 Å². The molecule has 0 aromatic carbocycles. The predicted octanol–water partition coefficient (Wildman–Crippen LogP) is 3.27. The molecule has 4 rings (SSSR count). The maximum absolute atomic E-state index is 12.4. The zero-order valence-corrected chi connectivity index (χ0v) is 15.3. The number of hydrogen-bond acceptors (Lipinski definition) is 4. The molecule has 2 N–H and O–H groups in total. The standard InChI is InChI=1S/C20H28O5/c1-18-8-4-9-20(3,17(23)24)13(18)7-10-19(2)12(18)6-5-11-14(19)16(22)25-15(11)21/h12-13,15,21H,4-10H2,1-3H3,(H,23,24)/t12-,13?,15?,18-,19-,20+/m1/s1. The molecule has 0 aromatic rings. The van der Waals surface area contributed by atoms with Gasteiger partial charge in [0.25, 0.3) is 0 Å². The summed E-state index contributed by atoms with van der Waals surface area (Å²) in [7, 11) is 0. The summed E-state index contributed by atoms with van der Waals surface area (Å²) in [4.78, 5) is 24.5. The average molecular weight is 348 g/mol. The van der Waals surface area contributed by atoms with Crippen LogP contribution in [0, 0.1) is 28.1 Å². The zero-order valence-electron chi connectivity index (χ0n) is 15.3. The van der Waals surface area contributed by atoms with Crippen LogP contribution in [0.15, 0.2) is 11.1 Å². The molecule has 2 unspecified atom stereocenters. The topological polar surface area (TPSA) is 83.8 Å². The van der Waals surface area contributed by atoms with Crippen LogP contribution in [0.4, 0.5) is 0 Å². The van der Waals surface area contributed by atoms with Gasteiger partial charge in [-0.15, -0.1) is 0 Å². The second-order valence-electron chi connectivity index (χ2n) is 9.34. The Morgan fingerprint density at radius 1 is 1.12 bits per heavy atom. The average Bonchev–Trinajstić information content (AvgIpc) is 2.82. The fraction of sp³-hybridized carbons (Fsp3) is 0.800. The van der Waals surface area contributed by atoms with Gasteiger partial charge in [-0.25, -0.2) is 4.79 Å². The number of carbonyl (C=O) groups is 2. The van der Waals surface area contributed by atoms with Gasteiger partial charge in [0.2, 0.25) is 6.29 Å². The number of hydrogen-bond donors (Lipinski definition) is 2. The van der Waals surface area contributed by atoms with E-state index < -0.39 is 17.7 Å². The van der Waals surface area contributed by atoms with Crippen LogP contribution < -0.4 is 0 Å². The normalized spacial score (nSPS) is 49.1. The number of esters is 1. The molecule has 3 aliphatic carbocycles. The lowest BCUT2D eigenvalue weighted by Gasteiger charge is -2.63. The number of aliphatic carboxylic acids is 1. The van der Waals surface area contributed by atoms with E-state index in [2.05, 4.69) is 13.8 Å². The number of aliphatic hydroxyl groups excluding tert-OH is 1. The fourth-order valence-electron chi connectivity index (χ4n) is 7.16. The summed E-state index contributed by atoms with van der Waals surface area (Å²) in [6.45, 7) is 6.31. The van der Waals surface area contributed by atoms with Crippen molar-refractivity contribution in [3.8, 4) is 0 Å². The quantitative estimate of drug-likeness (QED) is 0.711. The Bertz CT molecular complexity index is 682. The molecule has 1 aliphatic heterocycles. The van der Waals surface area contributed by atoms with Gasteiger partial charge in [0.05, 0.1) is 5.41 Å². The highest BCUT2D eigenvalue weighted by atomic mass is 16.6. The Morgan fingerprint density at radius 2 is 1.84 bits per heavy atom. The molecule has 138 valence electrons. The first-order valence-corrected chi connectivity index (χ1v) is 9.50. The SMILES string of the molecule is C[C@@]12CCC3[C@](C)(CCC[C@]3(C)C(=O)O)[C@H]1CCC1=C2C(=O)OC1O. The van der Waals surface area contributed by atoms with Gasteiger partial charge >= 0.3 is 11.9 Å². The molecular weight excluding hydrogens is 320 g/mol. The number of carboxylic acid groups (broad SMARTS) is 1. The van der Waals surface area contributed by atoms with Crippen molar-refractivity contribution in [3.63, 3.8) is 0 Å². The largest absolute Gasteiger partial charge is 0.481 e. The Hall–Kier alpha value is -1.36. The molecule has 0 saturated heterocycles. The van der Waals surface area contributed by atoms with Crippen molar-refractivity contribution in [1.82, 2.24) is 0 Å². The molecule has 6 atom stereocenters. The summed E-state index contributed by atoms with van der Waals surface area (Å²) in [6.07, 6.45) is 4.76. The van der Waals surface area contributed by atoms with Gasteiger partial charge in [-0.1, -0.05) is 20.3 Å². The Kier molecular flexibility index (Phi) is 3.48. The summed E-state index contributed by atoms with van der Waals surface area (Å²) < 4.78 is 5.12. The molecule has 4 aliphatic rings. The van der Waals surface area contributed by atoms with Crippen LogP contribution in [0.1, 0.15) is 65.7 Å². The van der Waals surface area contributed by atoms with E-state index in [1.165, 1.54) is 0 Å². The van der Waals surface area contributed by atoms with Crippen LogP contribution in [0.2, 0.25) is 0 Å². The van der Waals surface area contributed by atoms with E-state index in [0.717, 1.165) is 44.1 Å². The van der Waals surface area contributed by atoms with Gasteiger partial charge in [-0.3, -0.25) is 4.79 Å². The molecule has 5 nitrogen and oxygen atoms in total. The minimum absolute atomic E-state index is 0.0925. The maximum Gasteiger partial charge on any atom is 0.337 e. The van der Waals surface area contributed by atoms with Gasteiger partial charge in [0.15, 0.2) is 0 Å². The zero-order chi connectivity index (χ0) is 18.2. The lowest BCUT2D eigenvalue weighted by molar-refractivity contribution is -0.176. The number of cyclic esters (lactones) is 1. The summed E-state index contributed by atoms with van der Waals surface area (Å²) >= 11 is 0. The van der Waals surface area contributed by atoms with Crippen molar-refractivity contribution >= 4 is 11.9 Å². The molecule has 0 bridgehead atoms. The summed E-state index contributed by atoms with van der Waals surface area (Å²) in [5.74, 6) is -0.657. The summed E-state index contributed by atoms with van der Waals surface area (Å²) in [6, 6.07) is 0. The van der Waals surface area contributed by atoms with Gasteiger partial charge in [-0.05, 0) is 62.7 Å². The Balaban J connectivity index is 1.79. The molecule has 0 spiro atoms. The van der Waals surface area contributed by atoms with E-state index in [-0.39, 0.29) is 28.6 Å². The maximum atomic E-state index is 12.4. The van der Waals surface area contributed by atoms with Crippen molar-refractivity contribution in [2.24, 2.45) is 28.1 Å². The van der Waals surface area contributed by atoms with Crippen LogP contribution in [-0.4, -0.2) is 28.4 Å². The van der Waals surface area contributed by atoms with Crippen LogP contribution >= 0.6 is 0 Å². The predicted molar refractivity (Wildman–Crippen MR) is 90.4 cm³/mol. The molecular formula is C20H28O5. The van der Waals surface area contributed by atoms with Crippen LogP contribution in [0.25, 0.3) is 0 Å². The highest BCUT2D eigenvalue weighted by Crippen LogP contribution is 2.69. The Labute approximate surface area is 148 Å². The number of carbonyl (C=O) groups excluding carboxylic acids is 1. The van der Waals surface area contributed by atoms with Gasteiger partial charge in [0, 0.05) is 16.6 Å². The van der Waals surface area contributed by atoms with E-state index in [4.69, 9.17) is 4.74 Å². The van der Waals surface area contributed by atoms with E-state index >= 15 is 0 Å². The highest BCUT2D eigenvalue weighted by Gasteiger charge is 2.64. The molecule has 2 fully saturated rings. The number of rotatable bonds is 1. The first-order valence-electron chi connectivity index (χ1n) is 9.50. The molecule has 2 saturated carbocycles. The van der Waals surface area contributed by atoms with Crippen molar-refractivity contribution in [2.75, 3.05) is 0 Å². The van der Waals surface area contributed by atoms with E-state index in [0.29, 0.717) is 12.0 Å². The highest BCUT2D eigenvalue weighted by molar-refractivity contribution is 5.94. The molecule has 0 radical (unpaired) electrons. The van der Waals surface area contributed by atoms with Crippen LogP contribution in [0.3, 0.4) is 0 Å². The number of carboxylic acids is 1. The smallest absolute Gasteiger partial charge is 0.337 e. The van der Waals surface area contributed by atoms with Gasteiger partial charge < -0.3 is 14.9 Å². The number of fused-ring (bicyclic) bond motifs is 4. The minimum atomic E-state index is -1.08. The molecule has 5 heteroatoms. The lowest BCUT2D eigenvalue weighted by atomic mass is 9.40. The van der Waals surface area contributed by atoms with E-state index in [9.17, 15) is 19.8 Å². The Morgan fingerprint density at radius 3 is 2.52 bits per heavy atom. The van der Waals surface area contributed by atoms with Gasteiger partial charge in [0.1, 0.15) is 0 Å². The number of aliphatic hydroxyl groups is 1. The van der Waals surface area contributed by atoms with E-state index in [1.807, 2.05) is 6.92 Å². The second kappa shape index (κ2) is 5.09. The molecule has 0 amide bonds. The fourth-order valence-corrected chi connectivity index (χ4v) is 7.16. The van der Waals surface area contributed by atoms with Crippen molar-refractivity contribution in [3.05, 3.63) is 11.1 Å². The minimum Gasteiger partial charge on any atom is -0.481 e. The molecule has 1 heterocycles. The first-order chi connectivity index (χ1) is 11.6. The van der Waals surface area contributed by atoms with Crippen molar-refractivity contribution in [1.29, 1.82) is 0 Å². The lowest BCUT2D eigenvalue weighted by Crippen LogP contribution is -2.58. The number of ether oxygens (including phenoxy) is 1. The van der Waals surface area contributed by atoms with Crippen molar-refractivity contribution in [2.45, 2.75) is 72.0 Å². The third-order valence-electron chi connectivity index (χ3n) is 8.30. The second-order valence-corrected chi connectivity index (χ2v) is 9.34. The van der Waals surface area contributed by atoms with Gasteiger partial charge in [-0.2, -0.15) is 0 Å². The van der Waals surface area contributed by atoms with Crippen LogP contribution in [-0.2, 0) is 14.3 Å². The third-order valence-corrected chi connectivity index (χ3v) is 8.30. The first kappa shape index (κ1) is 17.1. The summed E-state index contributed by atoms with van der Waals surface area (Å²) in [5, 5.41) is 20.0. The third kappa shape index (κ3) is 1.99. The summed E-state index contributed by atoms with van der Waals surface area (Å²) in [5.41, 5.74) is 0.370. The van der Waals surface area contributed by atoms with Crippen LogP contribution in [0.5, 0.6) is 0 Å². The monoisotopic (exact) mass is 348 g/mol. The molecule has 0 aromatic heterocycles.